The van der Waals surface area contributed by atoms with E-state index in [1.54, 1.807) is 6.08 Å². The van der Waals surface area contributed by atoms with Crippen molar-refractivity contribution < 1.29 is 31.6 Å². The lowest BCUT2D eigenvalue weighted by Gasteiger charge is -2.41. The van der Waals surface area contributed by atoms with Crippen LogP contribution in [0.5, 0.6) is 0 Å². The zero-order valence-corrected chi connectivity index (χ0v) is 19.3. The second-order valence-electron chi connectivity index (χ2n) is 8.23. The molecular formula is C19H34N2O7S2. The molecule has 2 rings (SSSR count). The molecule has 0 aromatic heterocycles. The minimum absolute atomic E-state index is 0.153. The summed E-state index contributed by atoms with van der Waals surface area (Å²) in [4.78, 5) is 12.4. The number of unbranched alkanes of at least 4 members (excludes halogenated alkanes) is 1. The van der Waals surface area contributed by atoms with Gasteiger partial charge in [0.2, 0.25) is 10.0 Å². The fraction of sp³-hybridized carbons (Fsp3) is 0.842. The molecule has 9 nitrogen and oxygen atoms in total. The normalized spacial score (nSPS) is 25.6. The Bertz CT molecular complexity index is 818. The first-order valence-corrected chi connectivity index (χ1v) is 14.0. The van der Waals surface area contributed by atoms with Gasteiger partial charge < -0.3 is 4.74 Å². The molecule has 0 aromatic carbocycles. The van der Waals surface area contributed by atoms with Gasteiger partial charge in [-0.15, -0.1) is 0 Å². The number of sulfonamides is 1. The van der Waals surface area contributed by atoms with Crippen LogP contribution in [-0.2, 0) is 29.4 Å². The Labute approximate surface area is 179 Å². The topological polar surface area (TPSA) is 139 Å². The average Bonchev–Trinajstić information content (AvgIpc) is 2.72. The summed E-state index contributed by atoms with van der Waals surface area (Å²) in [6.45, 7) is 2.67. The summed E-state index contributed by atoms with van der Waals surface area (Å²) in [5, 5.41) is 8.30. The number of carbonyl (C=O) groups is 1. The van der Waals surface area contributed by atoms with Gasteiger partial charge in [-0.2, -0.15) is 0 Å². The van der Waals surface area contributed by atoms with E-state index in [-0.39, 0.29) is 18.9 Å². The van der Waals surface area contributed by atoms with Crippen LogP contribution < -0.4 is 10.2 Å². The van der Waals surface area contributed by atoms with Gasteiger partial charge in [0, 0.05) is 12.9 Å². The Kier molecular flexibility index (Phi) is 8.87. The summed E-state index contributed by atoms with van der Waals surface area (Å²) >= 11 is 0. The number of sulfone groups is 1. The predicted octanol–water partition coefficient (Wildman–Crippen LogP) is 1.43. The molecule has 3 N–H and O–H groups in total. The average molecular weight is 467 g/mol. The molecule has 0 radical (unpaired) electrons. The molecular weight excluding hydrogens is 432 g/mol. The van der Waals surface area contributed by atoms with Crippen LogP contribution in [-0.4, -0.2) is 63.0 Å². The summed E-state index contributed by atoms with van der Waals surface area (Å²) in [6, 6.07) is -1.60. The van der Waals surface area contributed by atoms with Gasteiger partial charge >= 0.3 is 0 Å². The highest BCUT2D eigenvalue weighted by molar-refractivity contribution is 7.92. The van der Waals surface area contributed by atoms with E-state index >= 15 is 0 Å². The van der Waals surface area contributed by atoms with Crippen LogP contribution in [0.4, 0.5) is 0 Å². The molecule has 1 fully saturated rings. The molecule has 0 heterocycles. The van der Waals surface area contributed by atoms with Crippen molar-refractivity contribution in [2.45, 2.75) is 86.9 Å². The van der Waals surface area contributed by atoms with E-state index in [4.69, 9.17) is 4.74 Å². The molecule has 2 aliphatic rings. The van der Waals surface area contributed by atoms with Gasteiger partial charge in [-0.1, -0.05) is 44.8 Å². The fourth-order valence-corrected chi connectivity index (χ4v) is 7.56. The Hall–Kier alpha value is -1.01. The predicted molar refractivity (Wildman–Crippen MR) is 113 cm³/mol. The molecule has 0 saturated heterocycles. The lowest BCUT2D eigenvalue weighted by Crippen LogP contribution is -2.64. The van der Waals surface area contributed by atoms with Crippen molar-refractivity contribution in [2.24, 2.45) is 0 Å². The molecule has 1 saturated carbocycles. The molecule has 11 heteroatoms. The lowest BCUT2D eigenvalue weighted by molar-refractivity contribution is -0.132. The summed E-state index contributed by atoms with van der Waals surface area (Å²) in [7, 11) is -7.87. The quantitative estimate of drug-likeness (QED) is 0.192. The molecule has 30 heavy (non-hydrogen) atoms. The second kappa shape index (κ2) is 10.5. The van der Waals surface area contributed by atoms with Crippen molar-refractivity contribution in [3.8, 4) is 0 Å². The number of amides is 1. The van der Waals surface area contributed by atoms with Gasteiger partial charge in [-0.25, -0.2) is 27.0 Å². The van der Waals surface area contributed by atoms with Crippen LogP contribution in [0.2, 0.25) is 0 Å². The van der Waals surface area contributed by atoms with Crippen LogP contribution in [0.3, 0.4) is 0 Å². The summed E-state index contributed by atoms with van der Waals surface area (Å²) in [5.74, 6) is -1.06. The van der Waals surface area contributed by atoms with Crippen molar-refractivity contribution in [1.29, 1.82) is 0 Å². The Morgan fingerprint density at radius 2 is 1.83 bits per heavy atom. The highest BCUT2D eigenvalue weighted by Gasteiger charge is 2.53. The van der Waals surface area contributed by atoms with Crippen LogP contribution in [0.1, 0.15) is 64.7 Å². The molecule has 0 aliphatic heterocycles. The second-order valence-corrected chi connectivity index (χ2v) is 12.5. The van der Waals surface area contributed by atoms with E-state index < -0.39 is 41.8 Å². The number of nitrogens with one attached hydrogen (secondary N) is 2. The van der Waals surface area contributed by atoms with E-state index in [9.17, 15) is 26.8 Å². The van der Waals surface area contributed by atoms with Crippen LogP contribution in [0, 0.1) is 0 Å². The minimum Gasteiger partial charge on any atom is -0.374 e. The Balaban J connectivity index is 2.24. The number of hydrogen-bond acceptors (Lipinski definition) is 7. The van der Waals surface area contributed by atoms with Crippen molar-refractivity contribution in [1.82, 2.24) is 10.2 Å². The Morgan fingerprint density at radius 3 is 2.33 bits per heavy atom. The van der Waals surface area contributed by atoms with Gasteiger partial charge in [-0.05, 0) is 32.1 Å². The van der Waals surface area contributed by atoms with Gasteiger partial charge in [-0.3, -0.25) is 10.0 Å². The van der Waals surface area contributed by atoms with Crippen LogP contribution >= 0.6 is 0 Å². The van der Waals surface area contributed by atoms with Crippen molar-refractivity contribution in [3.05, 3.63) is 12.2 Å². The summed E-state index contributed by atoms with van der Waals surface area (Å²) < 4.78 is 57.9. The molecule has 3 atom stereocenters. The van der Waals surface area contributed by atoms with Gasteiger partial charge in [0.1, 0.15) is 6.04 Å². The molecule has 1 amide bonds. The fourth-order valence-electron chi connectivity index (χ4n) is 4.29. The first kappa shape index (κ1) is 25.3. The maximum atomic E-state index is 13.0. The van der Waals surface area contributed by atoms with Gasteiger partial charge in [0.25, 0.3) is 5.91 Å². The molecule has 0 bridgehead atoms. The van der Waals surface area contributed by atoms with E-state index in [0.29, 0.717) is 32.3 Å². The highest BCUT2D eigenvalue weighted by Crippen LogP contribution is 2.38. The number of ether oxygens (including phenoxy) is 1. The smallest absolute Gasteiger partial charge is 0.263 e. The monoisotopic (exact) mass is 466 g/mol. The van der Waals surface area contributed by atoms with Crippen molar-refractivity contribution in [2.75, 3.05) is 12.9 Å². The third-order valence-electron chi connectivity index (χ3n) is 6.12. The number of hydrogen-bond donors (Lipinski definition) is 3. The zero-order valence-electron chi connectivity index (χ0n) is 17.7. The van der Waals surface area contributed by atoms with E-state index in [0.717, 1.165) is 25.5 Å². The van der Waals surface area contributed by atoms with Crippen LogP contribution in [0.25, 0.3) is 0 Å². The minimum atomic E-state index is -4.06. The van der Waals surface area contributed by atoms with Crippen molar-refractivity contribution >= 4 is 25.8 Å². The third-order valence-corrected chi connectivity index (χ3v) is 10.00. The standard InChI is InChI=1S/C19H34N2O7S2/c1-3-4-14-28-15-8-10-16(11-9-15)30(26,27)21-17(18(22)20-23)19(29(2,24)25)12-6-5-7-13-19/h8,10,15-17,21,23H,3-7,9,11-14H2,1-2H3,(H,20,22). The first-order chi connectivity index (χ1) is 14.1. The zero-order chi connectivity index (χ0) is 22.4. The molecule has 174 valence electrons. The molecule has 2 aliphatic carbocycles. The molecule has 0 spiro atoms. The molecule has 3 unspecified atom stereocenters. The largest absolute Gasteiger partial charge is 0.374 e. The van der Waals surface area contributed by atoms with Gasteiger partial charge in [0.05, 0.1) is 16.1 Å². The van der Waals surface area contributed by atoms with E-state index in [1.165, 1.54) is 11.6 Å². The van der Waals surface area contributed by atoms with Crippen molar-refractivity contribution in [3.63, 3.8) is 0 Å². The van der Waals surface area contributed by atoms with E-state index in [2.05, 4.69) is 11.6 Å². The number of rotatable bonds is 10. The lowest BCUT2D eigenvalue weighted by atomic mass is 9.83. The summed E-state index contributed by atoms with van der Waals surface area (Å²) in [6.07, 6.45) is 9.08. The summed E-state index contributed by atoms with van der Waals surface area (Å²) in [5.41, 5.74) is 1.45. The van der Waals surface area contributed by atoms with Crippen LogP contribution in [0.15, 0.2) is 12.2 Å². The third kappa shape index (κ3) is 5.82. The SMILES string of the molecule is CCCCOC1C=CC(S(=O)(=O)NC(C(=O)NO)C2(S(C)(=O)=O)CCCCC2)CC1. The maximum Gasteiger partial charge on any atom is 0.263 e. The maximum absolute atomic E-state index is 13.0. The number of carbonyl (C=O) groups excluding carboxylic acids is 1. The number of hydroxylamine groups is 1. The van der Waals surface area contributed by atoms with Gasteiger partial charge in [0.15, 0.2) is 9.84 Å². The molecule has 0 aromatic rings. The van der Waals surface area contributed by atoms with E-state index in [1.807, 2.05) is 0 Å². The Morgan fingerprint density at radius 1 is 1.17 bits per heavy atom. The highest BCUT2D eigenvalue weighted by atomic mass is 32.2. The first-order valence-electron chi connectivity index (χ1n) is 10.5.